The van der Waals surface area contributed by atoms with Gasteiger partial charge in [-0.2, -0.15) is 0 Å². The maximum atomic E-state index is 12.2. The molecule has 22 heavy (non-hydrogen) atoms. The standard InChI is InChI=1S/C14H15N3O5/c1-8(16-21)10-3-5-11(6-4-10)17-13(19)12(15-14(17)20)7-22-9(2)18/h3-6,12,21H,7H2,1-2H3,(H,15,20)/b16-8+. The number of nitrogens with zero attached hydrogens (tertiary/aromatic N) is 2. The zero-order chi connectivity index (χ0) is 16.3. The maximum absolute atomic E-state index is 12.2. The lowest BCUT2D eigenvalue weighted by molar-refractivity contribution is -0.142. The van der Waals surface area contributed by atoms with E-state index in [1.54, 1.807) is 31.2 Å². The first-order valence-electron chi connectivity index (χ1n) is 6.51. The lowest BCUT2D eigenvalue weighted by Crippen LogP contribution is -2.35. The molecule has 0 saturated carbocycles. The van der Waals surface area contributed by atoms with Crippen molar-refractivity contribution in [2.75, 3.05) is 11.5 Å². The predicted molar refractivity (Wildman–Crippen MR) is 76.9 cm³/mol. The second-order valence-electron chi connectivity index (χ2n) is 4.71. The molecule has 1 aromatic carbocycles. The summed E-state index contributed by atoms with van der Waals surface area (Å²) in [6, 6.07) is 4.92. The van der Waals surface area contributed by atoms with Gasteiger partial charge in [-0.1, -0.05) is 17.3 Å². The molecule has 0 bridgehead atoms. The smallest absolute Gasteiger partial charge is 0.329 e. The quantitative estimate of drug-likeness (QED) is 0.282. The molecule has 0 radical (unpaired) electrons. The Hall–Kier alpha value is -2.90. The SMILES string of the molecule is CC(=O)OCC1NC(=O)N(c2ccc(/C(C)=N/O)cc2)C1=O. The number of esters is 1. The van der Waals surface area contributed by atoms with Crippen LogP contribution in [0.4, 0.5) is 10.5 Å². The number of rotatable bonds is 4. The molecule has 0 spiro atoms. The lowest BCUT2D eigenvalue weighted by Gasteiger charge is -2.13. The Balaban J connectivity index is 2.16. The number of urea groups is 1. The molecule has 1 saturated heterocycles. The first-order chi connectivity index (χ1) is 10.4. The molecule has 8 heteroatoms. The molecule has 1 unspecified atom stereocenters. The average Bonchev–Trinajstić information content (AvgIpc) is 2.79. The molecule has 1 aromatic rings. The van der Waals surface area contributed by atoms with Crippen LogP contribution >= 0.6 is 0 Å². The highest BCUT2D eigenvalue weighted by Crippen LogP contribution is 2.20. The summed E-state index contributed by atoms with van der Waals surface area (Å²) in [5, 5.41) is 14.2. The van der Waals surface area contributed by atoms with E-state index in [0.29, 0.717) is 17.0 Å². The second kappa shape index (κ2) is 6.25. The molecule has 2 rings (SSSR count). The first kappa shape index (κ1) is 15.5. The van der Waals surface area contributed by atoms with Gasteiger partial charge in [0.15, 0.2) is 0 Å². The molecule has 1 atom stereocenters. The zero-order valence-electron chi connectivity index (χ0n) is 12.1. The van der Waals surface area contributed by atoms with E-state index in [-0.39, 0.29) is 6.61 Å². The lowest BCUT2D eigenvalue weighted by atomic mass is 10.1. The number of carbonyl (C=O) groups excluding carboxylic acids is 3. The highest BCUT2D eigenvalue weighted by atomic mass is 16.5. The molecule has 1 aliphatic heterocycles. The van der Waals surface area contributed by atoms with Crippen molar-refractivity contribution in [1.29, 1.82) is 0 Å². The van der Waals surface area contributed by atoms with Crippen LogP contribution in [-0.2, 0) is 14.3 Å². The van der Waals surface area contributed by atoms with Crippen molar-refractivity contribution in [1.82, 2.24) is 5.32 Å². The van der Waals surface area contributed by atoms with Crippen LogP contribution in [0.2, 0.25) is 0 Å². The zero-order valence-corrected chi connectivity index (χ0v) is 12.1. The Kier molecular flexibility index (Phi) is 4.40. The molecule has 1 heterocycles. The van der Waals surface area contributed by atoms with Gasteiger partial charge < -0.3 is 15.3 Å². The summed E-state index contributed by atoms with van der Waals surface area (Å²) in [5.41, 5.74) is 1.45. The Bertz CT molecular complexity index is 638. The largest absolute Gasteiger partial charge is 0.463 e. The fourth-order valence-electron chi connectivity index (χ4n) is 2.00. The van der Waals surface area contributed by atoms with Crippen molar-refractivity contribution >= 4 is 29.3 Å². The van der Waals surface area contributed by atoms with Gasteiger partial charge in [0.1, 0.15) is 12.6 Å². The number of oxime groups is 1. The molecule has 3 amide bonds. The van der Waals surface area contributed by atoms with Crippen LogP contribution in [0, 0.1) is 0 Å². The number of imide groups is 1. The Morgan fingerprint density at radius 2 is 1.95 bits per heavy atom. The first-order valence-corrected chi connectivity index (χ1v) is 6.51. The van der Waals surface area contributed by atoms with E-state index >= 15 is 0 Å². The number of benzene rings is 1. The fraction of sp³-hybridized carbons (Fsp3) is 0.286. The normalized spacial score (nSPS) is 18.4. The van der Waals surface area contributed by atoms with Gasteiger partial charge in [0, 0.05) is 6.92 Å². The summed E-state index contributed by atoms with van der Waals surface area (Å²) in [4.78, 5) is 35.9. The van der Waals surface area contributed by atoms with Crippen molar-refractivity contribution in [3.63, 3.8) is 0 Å². The molecule has 116 valence electrons. The van der Waals surface area contributed by atoms with E-state index in [4.69, 9.17) is 9.94 Å². The third-order valence-corrected chi connectivity index (χ3v) is 3.17. The summed E-state index contributed by atoms with van der Waals surface area (Å²) in [5.74, 6) is -1.02. The van der Waals surface area contributed by atoms with E-state index in [2.05, 4.69) is 10.5 Å². The minimum Gasteiger partial charge on any atom is -0.463 e. The molecule has 8 nitrogen and oxygen atoms in total. The number of amides is 3. The van der Waals surface area contributed by atoms with Gasteiger partial charge >= 0.3 is 12.0 Å². The predicted octanol–water partition coefficient (Wildman–Crippen LogP) is 0.873. The highest BCUT2D eigenvalue weighted by molar-refractivity contribution is 6.21. The Morgan fingerprint density at radius 3 is 2.50 bits per heavy atom. The van der Waals surface area contributed by atoms with Crippen LogP contribution in [0.25, 0.3) is 0 Å². The summed E-state index contributed by atoms with van der Waals surface area (Å²) in [6.45, 7) is 2.64. The molecule has 1 aliphatic rings. The topological polar surface area (TPSA) is 108 Å². The van der Waals surface area contributed by atoms with Crippen LogP contribution in [0.5, 0.6) is 0 Å². The number of nitrogens with one attached hydrogen (secondary N) is 1. The minimum atomic E-state index is -0.892. The highest BCUT2D eigenvalue weighted by Gasteiger charge is 2.39. The van der Waals surface area contributed by atoms with E-state index < -0.39 is 23.9 Å². The summed E-state index contributed by atoms with van der Waals surface area (Å²) >= 11 is 0. The van der Waals surface area contributed by atoms with Gasteiger partial charge in [-0.05, 0) is 24.6 Å². The third kappa shape index (κ3) is 3.05. The summed E-state index contributed by atoms with van der Waals surface area (Å²) in [7, 11) is 0. The Labute approximate surface area is 126 Å². The molecule has 2 N–H and O–H groups in total. The average molecular weight is 305 g/mol. The Morgan fingerprint density at radius 1 is 1.32 bits per heavy atom. The van der Waals surface area contributed by atoms with E-state index in [9.17, 15) is 14.4 Å². The van der Waals surface area contributed by atoms with Crippen LogP contribution in [-0.4, -0.2) is 41.5 Å². The van der Waals surface area contributed by atoms with Crippen LogP contribution in [0.1, 0.15) is 19.4 Å². The number of ether oxygens (including phenoxy) is 1. The molecular weight excluding hydrogens is 290 g/mol. The molecule has 0 aliphatic carbocycles. The van der Waals surface area contributed by atoms with Crippen LogP contribution < -0.4 is 10.2 Å². The third-order valence-electron chi connectivity index (χ3n) is 3.17. The number of carbonyl (C=O) groups is 3. The van der Waals surface area contributed by atoms with Gasteiger partial charge in [0.25, 0.3) is 5.91 Å². The molecular formula is C14H15N3O5. The van der Waals surface area contributed by atoms with Crippen molar-refractivity contribution < 1.29 is 24.3 Å². The molecule has 1 fully saturated rings. The molecule has 0 aromatic heterocycles. The summed E-state index contributed by atoms with van der Waals surface area (Å²) in [6.07, 6.45) is 0. The fourth-order valence-corrected chi connectivity index (χ4v) is 2.00. The van der Waals surface area contributed by atoms with E-state index in [1.807, 2.05) is 0 Å². The van der Waals surface area contributed by atoms with Gasteiger partial charge in [-0.3, -0.25) is 9.59 Å². The summed E-state index contributed by atoms with van der Waals surface area (Å²) < 4.78 is 4.75. The second-order valence-corrected chi connectivity index (χ2v) is 4.71. The van der Waals surface area contributed by atoms with Crippen molar-refractivity contribution in [3.8, 4) is 0 Å². The van der Waals surface area contributed by atoms with Gasteiger partial charge in [0.2, 0.25) is 0 Å². The van der Waals surface area contributed by atoms with E-state index in [0.717, 1.165) is 4.90 Å². The minimum absolute atomic E-state index is 0.204. The number of hydrogen-bond acceptors (Lipinski definition) is 6. The van der Waals surface area contributed by atoms with Gasteiger partial charge in [-0.25, -0.2) is 9.69 Å². The van der Waals surface area contributed by atoms with Crippen LogP contribution in [0.3, 0.4) is 0 Å². The van der Waals surface area contributed by atoms with E-state index in [1.165, 1.54) is 6.92 Å². The monoisotopic (exact) mass is 305 g/mol. The maximum Gasteiger partial charge on any atom is 0.329 e. The van der Waals surface area contributed by atoms with Crippen molar-refractivity contribution in [2.24, 2.45) is 5.16 Å². The van der Waals surface area contributed by atoms with Crippen molar-refractivity contribution in [3.05, 3.63) is 29.8 Å². The van der Waals surface area contributed by atoms with Crippen LogP contribution in [0.15, 0.2) is 29.4 Å². The van der Waals surface area contributed by atoms with Gasteiger partial charge in [0.05, 0.1) is 11.4 Å². The van der Waals surface area contributed by atoms with Crippen molar-refractivity contribution in [2.45, 2.75) is 19.9 Å². The number of anilines is 1. The van der Waals surface area contributed by atoms with Gasteiger partial charge in [-0.15, -0.1) is 0 Å². The number of hydrogen-bond donors (Lipinski definition) is 2.